The van der Waals surface area contributed by atoms with Gasteiger partial charge >= 0.3 is 5.97 Å². The minimum Gasteiger partial charge on any atom is -0.490 e. The molecule has 0 aliphatic carbocycles. The van der Waals surface area contributed by atoms with E-state index >= 15 is 0 Å². The molecule has 1 aliphatic heterocycles. The van der Waals surface area contributed by atoms with E-state index in [1.54, 1.807) is 32.0 Å². The van der Waals surface area contributed by atoms with E-state index < -0.39 is 17.4 Å². The first-order chi connectivity index (χ1) is 8.93. The summed E-state index contributed by atoms with van der Waals surface area (Å²) in [5.41, 5.74) is 5.76. The smallest absolute Gasteiger partial charge is 0.311 e. The first kappa shape index (κ1) is 13.7. The van der Waals surface area contributed by atoms with Gasteiger partial charge in [0.05, 0.1) is 18.6 Å². The van der Waals surface area contributed by atoms with Crippen LogP contribution in [-0.4, -0.2) is 24.3 Å². The number of hydrogen-bond donors (Lipinski definition) is 2. The molecule has 0 bridgehead atoms. The van der Waals surface area contributed by atoms with Gasteiger partial charge in [-0.15, -0.1) is 0 Å². The van der Waals surface area contributed by atoms with Crippen LogP contribution >= 0.6 is 0 Å². The second-order valence-corrected chi connectivity index (χ2v) is 5.26. The summed E-state index contributed by atoms with van der Waals surface area (Å²) in [6.45, 7) is 4.44. The highest BCUT2D eigenvalue weighted by molar-refractivity contribution is 5.75. The Labute approximate surface area is 112 Å². The highest BCUT2D eigenvalue weighted by atomic mass is 16.5. The molecular formula is C14H19NO4. The molecule has 2 rings (SSSR count). The van der Waals surface area contributed by atoms with Crippen LogP contribution in [0.15, 0.2) is 18.2 Å². The van der Waals surface area contributed by atoms with Crippen molar-refractivity contribution in [1.82, 2.24) is 0 Å². The monoisotopic (exact) mass is 265 g/mol. The topological polar surface area (TPSA) is 81.8 Å². The lowest BCUT2D eigenvalue weighted by Crippen LogP contribution is -2.36. The average Bonchev–Trinajstić information content (AvgIpc) is 2.61. The maximum atomic E-state index is 11.2. The number of carboxylic acids is 1. The molecule has 19 heavy (non-hydrogen) atoms. The van der Waals surface area contributed by atoms with Gasteiger partial charge in [-0.25, -0.2) is 0 Å². The van der Waals surface area contributed by atoms with Crippen LogP contribution < -0.4 is 15.2 Å². The second-order valence-electron chi connectivity index (χ2n) is 5.26. The number of rotatable bonds is 3. The van der Waals surface area contributed by atoms with Crippen LogP contribution in [0.5, 0.6) is 11.5 Å². The van der Waals surface area contributed by atoms with Gasteiger partial charge in [-0.3, -0.25) is 4.79 Å². The largest absolute Gasteiger partial charge is 0.490 e. The Morgan fingerprint density at radius 3 is 2.58 bits per heavy atom. The summed E-state index contributed by atoms with van der Waals surface area (Å²) < 4.78 is 11.1. The molecule has 1 aromatic rings. The zero-order valence-corrected chi connectivity index (χ0v) is 11.2. The number of nitrogens with two attached hydrogens (primary N) is 1. The summed E-state index contributed by atoms with van der Waals surface area (Å²) in [4.78, 5) is 11.2. The minimum absolute atomic E-state index is 0.591. The van der Waals surface area contributed by atoms with Gasteiger partial charge in [-0.1, -0.05) is 6.07 Å². The van der Waals surface area contributed by atoms with Crippen LogP contribution in [0.4, 0.5) is 0 Å². The van der Waals surface area contributed by atoms with E-state index in [1.807, 2.05) is 0 Å². The zero-order valence-electron chi connectivity index (χ0n) is 11.2. The van der Waals surface area contributed by atoms with Crippen molar-refractivity contribution in [1.29, 1.82) is 0 Å². The Morgan fingerprint density at radius 1 is 1.32 bits per heavy atom. The highest BCUT2D eigenvalue weighted by Crippen LogP contribution is 2.37. The Balaban J connectivity index is 2.31. The molecular weight excluding hydrogens is 246 g/mol. The predicted octanol–water partition coefficient (Wildman–Crippen LogP) is 1.96. The Bertz CT molecular complexity index is 484. The van der Waals surface area contributed by atoms with E-state index in [9.17, 15) is 9.90 Å². The van der Waals surface area contributed by atoms with Crippen molar-refractivity contribution in [3.05, 3.63) is 23.8 Å². The van der Waals surface area contributed by atoms with Crippen molar-refractivity contribution in [2.24, 2.45) is 11.1 Å². The third kappa shape index (κ3) is 2.66. The molecule has 1 aromatic carbocycles. The third-order valence-corrected chi connectivity index (χ3v) is 3.46. The van der Waals surface area contributed by atoms with Gasteiger partial charge in [0, 0.05) is 12.5 Å². The Kier molecular flexibility index (Phi) is 3.66. The molecule has 1 heterocycles. The van der Waals surface area contributed by atoms with E-state index in [2.05, 4.69) is 0 Å². The van der Waals surface area contributed by atoms with Crippen LogP contribution in [0, 0.1) is 5.41 Å². The fourth-order valence-corrected chi connectivity index (χ4v) is 1.92. The van der Waals surface area contributed by atoms with Crippen LogP contribution in [0.3, 0.4) is 0 Å². The van der Waals surface area contributed by atoms with E-state index in [1.165, 1.54) is 0 Å². The Morgan fingerprint density at radius 2 is 1.95 bits per heavy atom. The summed E-state index contributed by atoms with van der Waals surface area (Å²) >= 11 is 0. The van der Waals surface area contributed by atoms with Crippen molar-refractivity contribution in [2.75, 3.05) is 13.2 Å². The van der Waals surface area contributed by atoms with E-state index in [4.69, 9.17) is 15.2 Å². The highest BCUT2D eigenvalue weighted by Gasteiger charge is 2.35. The molecule has 0 amide bonds. The first-order valence-electron chi connectivity index (χ1n) is 6.31. The normalized spacial score (nSPS) is 16.6. The van der Waals surface area contributed by atoms with E-state index in [0.29, 0.717) is 24.7 Å². The van der Waals surface area contributed by atoms with Gasteiger partial charge in [-0.2, -0.15) is 0 Å². The quantitative estimate of drug-likeness (QED) is 0.873. The lowest BCUT2D eigenvalue weighted by atomic mass is 9.81. The molecule has 5 nitrogen and oxygen atoms in total. The standard InChI is InChI=1S/C14H19NO4/c1-14(2,13(16)17)12(15)9-4-5-10-11(8-9)19-7-3-6-18-10/h4-5,8,12H,3,6-7,15H2,1-2H3,(H,16,17). The SMILES string of the molecule is CC(C)(C(=O)O)C(N)c1ccc2c(c1)OCCCO2. The fourth-order valence-electron chi connectivity index (χ4n) is 1.92. The van der Waals surface area contributed by atoms with Gasteiger partial charge in [0.1, 0.15) is 0 Å². The maximum Gasteiger partial charge on any atom is 0.311 e. The molecule has 104 valence electrons. The van der Waals surface area contributed by atoms with Crippen molar-refractivity contribution in [3.63, 3.8) is 0 Å². The number of carbonyl (C=O) groups is 1. The number of ether oxygens (including phenoxy) is 2. The molecule has 1 unspecified atom stereocenters. The number of hydrogen-bond acceptors (Lipinski definition) is 4. The van der Waals surface area contributed by atoms with Crippen LogP contribution in [0.2, 0.25) is 0 Å². The number of benzene rings is 1. The van der Waals surface area contributed by atoms with Crippen LogP contribution in [-0.2, 0) is 4.79 Å². The molecule has 0 spiro atoms. The maximum absolute atomic E-state index is 11.2. The molecule has 3 N–H and O–H groups in total. The van der Waals surface area contributed by atoms with Gasteiger partial charge < -0.3 is 20.3 Å². The molecule has 0 saturated carbocycles. The van der Waals surface area contributed by atoms with E-state index in [0.717, 1.165) is 12.0 Å². The summed E-state index contributed by atoms with van der Waals surface area (Å²) in [5, 5.41) is 9.22. The van der Waals surface area contributed by atoms with E-state index in [-0.39, 0.29) is 0 Å². The lowest BCUT2D eigenvalue weighted by Gasteiger charge is -2.27. The van der Waals surface area contributed by atoms with Gasteiger partial charge in [-0.05, 0) is 31.5 Å². The van der Waals surface area contributed by atoms with Crippen molar-refractivity contribution >= 4 is 5.97 Å². The third-order valence-electron chi connectivity index (χ3n) is 3.46. The summed E-state index contributed by atoms with van der Waals surface area (Å²) in [6.07, 6.45) is 0.830. The predicted molar refractivity (Wildman–Crippen MR) is 70.4 cm³/mol. The minimum atomic E-state index is -1.04. The van der Waals surface area contributed by atoms with Gasteiger partial charge in [0.25, 0.3) is 0 Å². The summed E-state index contributed by atoms with van der Waals surface area (Å²) in [7, 11) is 0. The molecule has 0 fully saturated rings. The number of carboxylic acid groups (broad SMARTS) is 1. The molecule has 5 heteroatoms. The molecule has 0 aromatic heterocycles. The van der Waals surface area contributed by atoms with Gasteiger partial charge in [0.15, 0.2) is 11.5 Å². The average molecular weight is 265 g/mol. The molecule has 0 radical (unpaired) electrons. The lowest BCUT2D eigenvalue weighted by molar-refractivity contribution is -0.148. The van der Waals surface area contributed by atoms with Crippen molar-refractivity contribution < 1.29 is 19.4 Å². The first-order valence-corrected chi connectivity index (χ1v) is 6.31. The van der Waals surface area contributed by atoms with Crippen molar-refractivity contribution in [3.8, 4) is 11.5 Å². The molecule has 1 atom stereocenters. The van der Waals surface area contributed by atoms with Crippen LogP contribution in [0.1, 0.15) is 31.9 Å². The Hall–Kier alpha value is -1.75. The van der Waals surface area contributed by atoms with Crippen LogP contribution in [0.25, 0.3) is 0 Å². The summed E-state index contributed by atoms with van der Waals surface area (Å²) in [6, 6.07) is 4.74. The fraction of sp³-hybridized carbons (Fsp3) is 0.500. The summed E-state index contributed by atoms with van der Waals surface area (Å²) in [5.74, 6) is 0.389. The number of aliphatic carboxylic acids is 1. The second kappa shape index (κ2) is 5.09. The van der Waals surface area contributed by atoms with Crippen molar-refractivity contribution in [2.45, 2.75) is 26.3 Å². The molecule has 0 saturated heterocycles. The number of fused-ring (bicyclic) bond motifs is 1. The van der Waals surface area contributed by atoms with Gasteiger partial charge in [0.2, 0.25) is 0 Å². The zero-order chi connectivity index (χ0) is 14.0. The molecule has 1 aliphatic rings.